The maximum Gasteiger partial charge on any atom is 0.248 e. The van der Waals surface area contributed by atoms with Gasteiger partial charge in [0.2, 0.25) is 11.8 Å². The summed E-state index contributed by atoms with van der Waals surface area (Å²) in [7, 11) is 0. The minimum atomic E-state index is -0.945. The first kappa shape index (κ1) is 23.7. The zero-order chi connectivity index (χ0) is 22.9. The molecular formula is C26H29FN2O2S. The highest BCUT2D eigenvalue weighted by Gasteiger charge is 2.35. The van der Waals surface area contributed by atoms with Gasteiger partial charge < -0.3 is 5.32 Å². The third-order valence-electron chi connectivity index (χ3n) is 5.45. The summed E-state index contributed by atoms with van der Waals surface area (Å²) in [5.74, 6) is -1.01. The monoisotopic (exact) mass is 452 g/mol. The van der Waals surface area contributed by atoms with Gasteiger partial charge in [0.25, 0.3) is 0 Å². The fourth-order valence-corrected chi connectivity index (χ4v) is 4.74. The Morgan fingerprint density at radius 1 is 1.28 bits per heavy atom. The molecular weight excluding hydrogens is 423 g/mol. The molecule has 1 heterocycles. The van der Waals surface area contributed by atoms with Crippen molar-refractivity contribution < 1.29 is 14.0 Å². The maximum atomic E-state index is 14.2. The Morgan fingerprint density at radius 2 is 2.06 bits per heavy atom. The maximum absolute atomic E-state index is 14.2. The minimum absolute atomic E-state index is 0.0855. The van der Waals surface area contributed by atoms with Gasteiger partial charge in [0.05, 0.1) is 6.42 Å². The number of thiophene rings is 1. The van der Waals surface area contributed by atoms with E-state index in [2.05, 4.69) is 11.9 Å². The molecule has 1 saturated carbocycles. The zero-order valence-corrected chi connectivity index (χ0v) is 19.1. The van der Waals surface area contributed by atoms with E-state index in [9.17, 15) is 14.0 Å². The van der Waals surface area contributed by atoms with Crippen LogP contribution in [0.25, 0.3) is 0 Å². The summed E-state index contributed by atoms with van der Waals surface area (Å²) in [6.45, 7) is 5.63. The number of nitrogens with zero attached hydrogens (tertiary/aromatic N) is 1. The molecule has 0 saturated heterocycles. The van der Waals surface area contributed by atoms with Crippen molar-refractivity contribution in [1.29, 1.82) is 0 Å². The second-order valence-corrected chi connectivity index (χ2v) is 8.83. The molecule has 3 rings (SSSR count). The molecule has 0 bridgehead atoms. The van der Waals surface area contributed by atoms with E-state index in [0.717, 1.165) is 30.6 Å². The molecule has 1 unspecified atom stereocenters. The molecule has 1 aromatic carbocycles. The lowest BCUT2D eigenvalue weighted by Crippen LogP contribution is -2.53. The number of hydrogen-bond donors (Lipinski definition) is 1. The number of rotatable bonds is 9. The van der Waals surface area contributed by atoms with E-state index in [-0.39, 0.29) is 24.3 Å². The summed E-state index contributed by atoms with van der Waals surface area (Å²) in [5.41, 5.74) is 0.958. The number of carbonyl (C=O) groups excluding carboxylic acids is 2. The summed E-state index contributed by atoms with van der Waals surface area (Å²) in [6.07, 6.45) is 11.1. The Hall–Kier alpha value is -2.99. The Balaban J connectivity index is 2.07. The van der Waals surface area contributed by atoms with Gasteiger partial charge in [-0.3, -0.25) is 14.5 Å². The first-order chi connectivity index (χ1) is 15.5. The second-order valence-electron chi connectivity index (χ2n) is 7.79. The molecule has 0 radical (unpaired) electrons. The first-order valence-corrected chi connectivity index (χ1v) is 11.8. The molecule has 2 amide bonds. The number of allylic oxidation sites excluding steroid dienone is 3. The Kier molecular flexibility index (Phi) is 8.56. The van der Waals surface area contributed by atoms with Crippen molar-refractivity contribution in [3.05, 3.63) is 88.9 Å². The quantitative estimate of drug-likeness (QED) is 0.505. The van der Waals surface area contributed by atoms with Crippen LogP contribution in [0.2, 0.25) is 0 Å². The lowest BCUT2D eigenvalue weighted by atomic mass is 10.0. The molecule has 1 aliphatic rings. The van der Waals surface area contributed by atoms with E-state index in [1.54, 1.807) is 30.4 Å². The summed E-state index contributed by atoms with van der Waals surface area (Å²) < 4.78 is 14.2. The van der Waals surface area contributed by atoms with Gasteiger partial charge in [-0.25, -0.2) is 4.39 Å². The molecule has 0 spiro atoms. The predicted molar refractivity (Wildman–Crippen MR) is 129 cm³/mol. The smallest absolute Gasteiger partial charge is 0.248 e. The van der Waals surface area contributed by atoms with Crippen LogP contribution in [0.1, 0.15) is 37.5 Å². The third-order valence-corrected chi connectivity index (χ3v) is 6.33. The minimum Gasteiger partial charge on any atom is -0.351 e. The topological polar surface area (TPSA) is 49.4 Å². The number of carbonyl (C=O) groups is 2. The van der Waals surface area contributed by atoms with Crippen LogP contribution in [0.5, 0.6) is 0 Å². The molecule has 2 aromatic rings. The van der Waals surface area contributed by atoms with Gasteiger partial charge in [0.15, 0.2) is 0 Å². The van der Waals surface area contributed by atoms with Crippen LogP contribution in [-0.2, 0) is 16.0 Å². The number of benzene rings is 1. The van der Waals surface area contributed by atoms with Gasteiger partial charge in [-0.1, -0.05) is 55.9 Å². The summed E-state index contributed by atoms with van der Waals surface area (Å²) in [4.78, 5) is 29.5. The van der Waals surface area contributed by atoms with Crippen LogP contribution < -0.4 is 10.2 Å². The van der Waals surface area contributed by atoms with Crippen molar-refractivity contribution in [2.24, 2.45) is 0 Å². The summed E-state index contributed by atoms with van der Waals surface area (Å²) >= 11 is 1.48. The first-order valence-electron chi connectivity index (χ1n) is 10.9. The second kappa shape index (κ2) is 11.6. The highest BCUT2D eigenvalue weighted by atomic mass is 32.1. The van der Waals surface area contributed by atoms with E-state index < -0.39 is 11.9 Å². The molecule has 168 valence electrons. The molecule has 6 heteroatoms. The predicted octanol–water partition coefficient (Wildman–Crippen LogP) is 5.58. The number of anilines is 1. The standard InChI is InChI=1S/C26H29FN2O2S/c1-3-9-19(10-4-2)25(26(31)28-21-12-5-6-13-21)29(22-14-7-11-20(27)17-22)24(30)18-23-15-8-16-32-23/h3-4,7-11,14-17,21,25H,1,5-6,12-13,18H2,2H3,(H,28,31)/b10-4-,19-9+. The van der Waals surface area contributed by atoms with Gasteiger partial charge in [-0.15, -0.1) is 11.3 Å². The average molecular weight is 453 g/mol. The van der Waals surface area contributed by atoms with E-state index in [4.69, 9.17) is 0 Å². The van der Waals surface area contributed by atoms with Crippen LogP contribution >= 0.6 is 11.3 Å². The molecule has 1 fully saturated rings. The fourth-order valence-electron chi connectivity index (χ4n) is 4.04. The zero-order valence-electron chi connectivity index (χ0n) is 18.3. The van der Waals surface area contributed by atoms with Gasteiger partial charge in [-0.2, -0.15) is 0 Å². The van der Waals surface area contributed by atoms with Crippen LogP contribution in [0.4, 0.5) is 10.1 Å². The van der Waals surface area contributed by atoms with Crippen LogP contribution in [0.15, 0.2) is 78.2 Å². The van der Waals surface area contributed by atoms with Crippen molar-refractivity contribution in [3.8, 4) is 0 Å². The van der Waals surface area contributed by atoms with Gasteiger partial charge in [0.1, 0.15) is 11.9 Å². The Morgan fingerprint density at radius 3 is 2.69 bits per heavy atom. The molecule has 1 atom stereocenters. The Bertz CT molecular complexity index is 991. The van der Waals surface area contributed by atoms with Crippen molar-refractivity contribution in [2.45, 2.75) is 51.1 Å². The van der Waals surface area contributed by atoms with Crippen molar-refractivity contribution in [1.82, 2.24) is 5.32 Å². The summed E-state index contributed by atoms with van der Waals surface area (Å²) in [6, 6.07) is 8.73. The van der Waals surface area contributed by atoms with Gasteiger partial charge >= 0.3 is 0 Å². The van der Waals surface area contributed by atoms with E-state index in [0.29, 0.717) is 11.3 Å². The third kappa shape index (κ3) is 6.04. The molecule has 32 heavy (non-hydrogen) atoms. The summed E-state index contributed by atoms with van der Waals surface area (Å²) in [5, 5.41) is 5.03. The lowest BCUT2D eigenvalue weighted by molar-refractivity contribution is -0.125. The van der Waals surface area contributed by atoms with Crippen LogP contribution in [0, 0.1) is 5.82 Å². The lowest BCUT2D eigenvalue weighted by Gasteiger charge is -2.33. The molecule has 0 aliphatic heterocycles. The van der Waals surface area contributed by atoms with E-state index in [1.807, 2.05) is 30.5 Å². The fraction of sp³-hybridized carbons (Fsp3) is 0.308. The number of nitrogens with one attached hydrogen (secondary N) is 1. The molecule has 1 aliphatic carbocycles. The van der Waals surface area contributed by atoms with E-state index in [1.165, 1.54) is 28.4 Å². The van der Waals surface area contributed by atoms with Crippen molar-refractivity contribution >= 4 is 28.8 Å². The normalized spacial score (nSPS) is 15.6. The SMILES string of the molecule is C=C/C=C(\C=C/C)C(C(=O)NC1CCCC1)N(C(=O)Cc1cccs1)c1cccc(F)c1. The van der Waals surface area contributed by atoms with Crippen LogP contribution in [0.3, 0.4) is 0 Å². The number of halogens is 1. The molecule has 4 nitrogen and oxygen atoms in total. The van der Waals surface area contributed by atoms with Crippen LogP contribution in [-0.4, -0.2) is 23.9 Å². The number of amides is 2. The van der Waals surface area contributed by atoms with Gasteiger partial charge in [0, 0.05) is 16.6 Å². The average Bonchev–Trinajstić information content (AvgIpc) is 3.46. The molecule has 1 aromatic heterocycles. The van der Waals surface area contributed by atoms with Gasteiger partial charge in [-0.05, 0) is 55.0 Å². The van der Waals surface area contributed by atoms with Crippen molar-refractivity contribution in [2.75, 3.05) is 4.90 Å². The highest BCUT2D eigenvalue weighted by molar-refractivity contribution is 7.10. The van der Waals surface area contributed by atoms with E-state index >= 15 is 0 Å². The largest absolute Gasteiger partial charge is 0.351 e. The number of hydrogen-bond acceptors (Lipinski definition) is 3. The van der Waals surface area contributed by atoms with Crippen molar-refractivity contribution in [3.63, 3.8) is 0 Å². The Labute approximate surface area is 193 Å². The molecule has 1 N–H and O–H groups in total. The highest BCUT2D eigenvalue weighted by Crippen LogP contribution is 2.26.